The number of piperidine rings is 1. The van der Waals surface area contributed by atoms with E-state index < -0.39 is 5.60 Å². The molecule has 3 aromatic rings. The van der Waals surface area contributed by atoms with Gasteiger partial charge in [-0.05, 0) is 55.5 Å². The number of pyridine rings is 1. The van der Waals surface area contributed by atoms with E-state index in [9.17, 15) is 9.50 Å². The van der Waals surface area contributed by atoms with E-state index in [-0.39, 0.29) is 17.9 Å². The third kappa shape index (κ3) is 3.43. The molecule has 0 amide bonds. The molecule has 0 radical (unpaired) electrons. The minimum absolute atomic E-state index is 0.209. The molecule has 2 aliphatic rings. The van der Waals surface area contributed by atoms with Crippen molar-refractivity contribution >= 4 is 11.6 Å². The van der Waals surface area contributed by atoms with Crippen LogP contribution in [0.5, 0.6) is 0 Å². The van der Waals surface area contributed by atoms with E-state index in [0.29, 0.717) is 41.8 Å². The van der Waals surface area contributed by atoms with Crippen molar-refractivity contribution in [3.05, 3.63) is 65.0 Å². The number of hydrogen-bond acceptors (Lipinski definition) is 6. The molecule has 1 aromatic carbocycles. The first-order valence-corrected chi connectivity index (χ1v) is 10.1. The second-order valence-corrected chi connectivity index (χ2v) is 8.22. The monoisotopic (exact) mass is 414 g/mol. The fourth-order valence-electron chi connectivity index (χ4n) is 4.71. The van der Waals surface area contributed by atoms with Crippen molar-refractivity contribution in [3.63, 3.8) is 0 Å². The lowest BCUT2D eigenvalue weighted by atomic mass is 9.80. The third-order valence-corrected chi connectivity index (χ3v) is 6.39. The second kappa shape index (κ2) is 7.16. The largest absolute Gasteiger partial charge is 0.385 e. The first-order chi connectivity index (χ1) is 14.0. The first-order valence-electron chi connectivity index (χ1n) is 9.69. The van der Waals surface area contributed by atoms with Crippen molar-refractivity contribution in [3.8, 4) is 11.4 Å². The molecule has 2 saturated heterocycles. The van der Waals surface area contributed by atoms with E-state index >= 15 is 0 Å². The van der Waals surface area contributed by atoms with Crippen LogP contribution >= 0.6 is 11.6 Å². The Labute approximate surface area is 172 Å². The van der Waals surface area contributed by atoms with E-state index in [0.717, 1.165) is 18.4 Å². The topological polar surface area (TPSA) is 75.3 Å². The summed E-state index contributed by atoms with van der Waals surface area (Å²) in [7, 11) is 0. The average Bonchev–Trinajstić information content (AvgIpc) is 3.26. The maximum Gasteiger partial charge on any atom is 0.241 e. The molecule has 5 rings (SSSR count). The zero-order chi connectivity index (χ0) is 20.0. The van der Waals surface area contributed by atoms with Crippen LogP contribution < -0.4 is 0 Å². The molecular weight excluding hydrogens is 395 g/mol. The van der Waals surface area contributed by atoms with Crippen LogP contribution in [0.4, 0.5) is 4.39 Å². The van der Waals surface area contributed by atoms with Gasteiger partial charge >= 0.3 is 0 Å². The number of benzene rings is 1. The highest BCUT2D eigenvalue weighted by molar-refractivity contribution is 6.31. The number of aliphatic hydroxyl groups is 1. The minimum atomic E-state index is -0.931. The Morgan fingerprint density at radius 3 is 2.59 bits per heavy atom. The summed E-state index contributed by atoms with van der Waals surface area (Å²) in [6.07, 6.45) is 4.82. The molecule has 1 N–H and O–H groups in total. The van der Waals surface area contributed by atoms with Gasteiger partial charge in [-0.3, -0.25) is 4.90 Å². The normalized spacial score (nSPS) is 26.7. The Morgan fingerprint density at radius 1 is 1.17 bits per heavy atom. The number of hydrogen-bond donors (Lipinski definition) is 1. The molecule has 0 spiro atoms. The zero-order valence-electron chi connectivity index (χ0n) is 15.6. The predicted molar refractivity (Wildman–Crippen MR) is 104 cm³/mol. The standard InChI is InChI=1S/C21H20ClFN4O2/c22-19-17(2-1-9-24-19)20-25-18(29-26-20)12-27-15-7-8-16(27)11-21(28,10-15)13-3-5-14(23)6-4-13/h1-6,9,15-16,28H,7-8,10-12H2. The fraction of sp³-hybridized carbons (Fsp3) is 0.381. The van der Waals surface area contributed by atoms with Gasteiger partial charge in [-0.2, -0.15) is 4.98 Å². The lowest BCUT2D eigenvalue weighted by Crippen LogP contribution is -2.49. The highest BCUT2D eigenvalue weighted by atomic mass is 35.5. The molecule has 2 aromatic heterocycles. The Kier molecular flexibility index (Phi) is 4.61. The predicted octanol–water partition coefficient (Wildman–Crippen LogP) is 3.94. The van der Waals surface area contributed by atoms with Crippen molar-refractivity contribution < 1.29 is 14.0 Å². The molecule has 6 nitrogen and oxygen atoms in total. The van der Waals surface area contributed by atoms with Crippen LogP contribution in [0.25, 0.3) is 11.4 Å². The van der Waals surface area contributed by atoms with Crippen molar-refractivity contribution in [1.29, 1.82) is 0 Å². The van der Waals surface area contributed by atoms with Crippen LogP contribution in [0, 0.1) is 5.82 Å². The highest BCUT2D eigenvalue weighted by Crippen LogP contribution is 2.46. The van der Waals surface area contributed by atoms with Gasteiger partial charge in [-0.25, -0.2) is 9.37 Å². The number of halogens is 2. The van der Waals surface area contributed by atoms with Crippen molar-refractivity contribution in [2.45, 2.75) is 49.9 Å². The van der Waals surface area contributed by atoms with Gasteiger partial charge in [0, 0.05) is 18.3 Å². The molecule has 150 valence electrons. The van der Waals surface area contributed by atoms with Gasteiger partial charge in [0.05, 0.1) is 17.7 Å². The fourth-order valence-corrected chi connectivity index (χ4v) is 4.91. The van der Waals surface area contributed by atoms with E-state index in [1.807, 2.05) is 0 Å². The van der Waals surface area contributed by atoms with Gasteiger partial charge in [0.15, 0.2) is 0 Å². The van der Waals surface area contributed by atoms with Crippen LogP contribution in [0.2, 0.25) is 5.15 Å². The van der Waals surface area contributed by atoms with Gasteiger partial charge in [0.2, 0.25) is 11.7 Å². The molecule has 4 heterocycles. The van der Waals surface area contributed by atoms with Crippen molar-refractivity contribution in [2.75, 3.05) is 0 Å². The summed E-state index contributed by atoms with van der Waals surface area (Å²) in [4.78, 5) is 10.9. The lowest BCUT2D eigenvalue weighted by Gasteiger charge is -2.43. The van der Waals surface area contributed by atoms with Gasteiger partial charge in [0.1, 0.15) is 11.0 Å². The summed E-state index contributed by atoms with van der Waals surface area (Å²) in [6.45, 7) is 0.527. The number of aromatic nitrogens is 3. The Morgan fingerprint density at radius 2 is 1.90 bits per heavy atom. The molecule has 29 heavy (non-hydrogen) atoms. The van der Waals surface area contributed by atoms with E-state index in [1.165, 1.54) is 12.1 Å². The molecule has 0 saturated carbocycles. The SMILES string of the molecule is OC1(c2ccc(F)cc2)CC2CCC(C1)N2Cc1nc(-c2cccnc2Cl)no1. The summed E-state index contributed by atoms with van der Waals surface area (Å²) in [5.74, 6) is 0.646. The average molecular weight is 415 g/mol. The van der Waals surface area contributed by atoms with Gasteiger partial charge in [-0.15, -0.1) is 0 Å². The quantitative estimate of drug-likeness (QED) is 0.652. The summed E-state index contributed by atoms with van der Waals surface area (Å²) in [5.41, 5.74) is 0.484. The van der Waals surface area contributed by atoms with E-state index in [2.05, 4.69) is 20.0 Å². The smallest absolute Gasteiger partial charge is 0.241 e. The number of fused-ring (bicyclic) bond motifs is 2. The Balaban J connectivity index is 1.33. The van der Waals surface area contributed by atoms with E-state index in [4.69, 9.17) is 16.1 Å². The molecule has 0 aliphatic carbocycles. The van der Waals surface area contributed by atoms with Crippen molar-refractivity contribution in [2.24, 2.45) is 0 Å². The lowest BCUT2D eigenvalue weighted by molar-refractivity contribution is -0.0617. The molecule has 2 unspecified atom stereocenters. The summed E-state index contributed by atoms with van der Waals surface area (Å²) < 4.78 is 18.7. The minimum Gasteiger partial charge on any atom is -0.385 e. The first kappa shape index (κ1) is 18.7. The number of nitrogens with zero attached hydrogens (tertiary/aromatic N) is 4. The van der Waals surface area contributed by atoms with Crippen LogP contribution in [0.3, 0.4) is 0 Å². The maximum absolute atomic E-state index is 13.3. The highest BCUT2D eigenvalue weighted by Gasteiger charge is 2.48. The molecule has 2 fully saturated rings. The Hall–Kier alpha value is -2.35. The summed E-state index contributed by atoms with van der Waals surface area (Å²) in [5, 5.41) is 15.6. The molecular formula is C21H20ClFN4O2. The summed E-state index contributed by atoms with van der Waals surface area (Å²) in [6, 6.07) is 10.2. The van der Waals surface area contributed by atoms with Crippen LogP contribution in [0.1, 0.15) is 37.1 Å². The van der Waals surface area contributed by atoms with Crippen molar-refractivity contribution in [1.82, 2.24) is 20.0 Å². The zero-order valence-corrected chi connectivity index (χ0v) is 16.4. The molecule has 2 atom stereocenters. The molecule has 2 bridgehead atoms. The molecule has 2 aliphatic heterocycles. The van der Waals surface area contributed by atoms with Gasteiger partial charge in [-0.1, -0.05) is 28.9 Å². The van der Waals surface area contributed by atoms with Gasteiger partial charge < -0.3 is 9.63 Å². The molecule has 8 heteroatoms. The maximum atomic E-state index is 13.3. The Bertz CT molecular complexity index is 1010. The summed E-state index contributed by atoms with van der Waals surface area (Å²) >= 11 is 6.12. The van der Waals surface area contributed by atoms with E-state index in [1.54, 1.807) is 30.5 Å². The van der Waals surface area contributed by atoms with Crippen LogP contribution in [-0.4, -0.2) is 37.2 Å². The van der Waals surface area contributed by atoms with Crippen LogP contribution in [-0.2, 0) is 12.1 Å². The third-order valence-electron chi connectivity index (χ3n) is 6.09. The van der Waals surface area contributed by atoms with Crippen LogP contribution in [0.15, 0.2) is 47.1 Å². The van der Waals surface area contributed by atoms with Gasteiger partial charge in [0.25, 0.3) is 0 Å². The second-order valence-electron chi connectivity index (χ2n) is 7.86. The number of rotatable bonds is 4.